The van der Waals surface area contributed by atoms with E-state index in [-0.39, 0.29) is 11.7 Å². The van der Waals surface area contributed by atoms with E-state index >= 15 is 0 Å². The average Bonchev–Trinajstić information content (AvgIpc) is 2.92. The van der Waals surface area contributed by atoms with Crippen molar-refractivity contribution in [3.8, 4) is 5.75 Å². The zero-order chi connectivity index (χ0) is 16.8. The van der Waals surface area contributed by atoms with E-state index < -0.39 is 6.17 Å². The number of phenolic OH excluding ortho intramolecular Hbond substituents is 1. The minimum atomic E-state index is -0.395. The summed E-state index contributed by atoms with van der Waals surface area (Å²) >= 11 is 1.67. The molecule has 1 amide bonds. The standard InChI is InChI=1S/C18H21N3O2S/c1-3-21-7-6-12-14(9-21)24-18-15(12)17(23)19-16(20-18)11-5-4-10(2)8-13(11)22/h4-5,8,16,20,22H,3,6-7,9H2,1-2H3,(H,19,23)/t16-/m1/s1. The first-order valence-corrected chi connectivity index (χ1v) is 9.12. The van der Waals surface area contributed by atoms with E-state index in [2.05, 4.69) is 22.5 Å². The predicted molar refractivity (Wildman–Crippen MR) is 95.6 cm³/mol. The van der Waals surface area contributed by atoms with E-state index in [0.29, 0.717) is 5.56 Å². The van der Waals surface area contributed by atoms with Gasteiger partial charge >= 0.3 is 0 Å². The molecule has 0 aliphatic carbocycles. The highest BCUT2D eigenvalue weighted by molar-refractivity contribution is 7.16. The molecular weight excluding hydrogens is 322 g/mol. The van der Waals surface area contributed by atoms with Crippen LogP contribution < -0.4 is 10.6 Å². The number of carbonyl (C=O) groups excluding carboxylic acids is 1. The molecule has 1 atom stereocenters. The molecule has 6 heteroatoms. The summed E-state index contributed by atoms with van der Waals surface area (Å²) in [6.45, 7) is 7.05. The molecule has 4 rings (SSSR count). The Hall–Kier alpha value is -2.05. The Morgan fingerprint density at radius 1 is 1.38 bits per heavy atom. The highest BCUT2D eigenvalue weighted by Crippen LogP contribution is 2.41. The second kappa shape index (κ2) is 5.79. The van der Waals surface area contributed by atoms with Crippen LogP contribution in [0.15, 0.2) is 18.2 Å². The molecule has 2 aliphatic rings. The van der Waals surface area contributed by atoms with Crippen LogP contribution in [0.1, 0.15) is 45.0 Å². The summed E-state index contributed by atoms with van der Waals surface area (Å²) in [7, 11) is 0. The van der Waals surface area contributed by atoms with Crippen LogP contribution in [-0.2, 0) is 13.0 Å². The number of nitrogens with zero attached hydrogens (tertiary/aromatic N) is 1. The number of aryl methyl sites for hydroxylation is 1. The van der Waals surface area contributed by atoms with Gasteiger partial charge in [-0.15, -0.1) is 11.3 Å². The molecule has 3 heterocycles. The SMILES string of the molecule is CCN1CCc2c(sc3c2C(=O)N[C@@H](c2ccc(C)cc2O)N3)C1. The molecule has 0 spiro atoms. The quantitative estimate of drug-likeness (QED) is 0.784. The predicted octanol–water partition coefficient (Wildman–Crippen LogP) is 2.99. The van der Waals surface area contributed by atoms with Crippen molar-refractivity contribution in [2.24, 2.45) is 0 Å². The number of anilines is 1. The van der Waals surface area contributed by atoms with Crippen LogP contribution in [0.2, 0.25) is 0 Å². The number of nitrogens with one attached hydrogen (secondary N) is 2. The number of thiophene rings is 1. The highest BCUT2D eigenvalue weighted by atomic mass is 32.1. The molecule has 3 N–H and O–H groups in total. The van der Waals surface area contributed by atoms with Gasteiger partial charge in [-0.05, 0) is 37.1 Å². The van der Waals surface area contributed by atoms with Gasteiger partial charge in [0.1, 0.15) is 16.9 Å². The molecule has 0 unspecified atom stereocenters. The second-order valence-electron chi connectivity index (χ2n) is 6.44. The lowest BCUT2D eigenvalue weighted by Crippen LogP contribution is -2.38. The molecule has 5 nitrogen and oxygen atoms in total. The Bertz CT molecular complexity index is 815. The number of benzene rings is 1. The molecule has 0 bridgehead atoms. The lowest BCUT2D eigenvalue weighted by atomic mass is 10.00. The third kappa shape index (κ3) is 2.46. The largest absolute Gasteiger partial charge is 0.508 e. The molecule has 2 aliphatic heterocycles. The van der Waals surface area contributed by atoms with Gasteiger partial charge in [0.15, 0.2) is 0 Å². The monoisotopic (exact) mass is 343 g/mol. The molecule has 126 valence electrons. The van der Waals surface area contributed by atoms with Crippen LogP contribution in [0, 0.1) is 6.92 Å². The van der Waals surface area contributed by atoms with Crippen molar-refractivity contribution >= 4 is 22.2 Å². The summed E-state index contributed by atoms with van der Waals surface area (Å²) in [6, 6.07) is 5.52. The Balaban J connectivity index is 1.68. The van der Waals surface area contributed by atoms with E-state index in [1.807, 2.05) is 19.1 Å². The first-order chi connectivity index (χ1) is 11.6. The first kappa shape index (κ1) is 15.5. The number of hydrogen-bond acceptors (Lipinski definition) is 5. The highest BCUT2D eigenvalue weighted by Gasteiger charge is 2.33. The van der Waals surface area contributed by atoms with Gasteiger partial charge in [-0.3, -0.25) is 9.69 Å². The number of rotatable bonds is 2. The maximum absolute atomic E-state index is 12.7. The lowest BCUT2D eigenvalue weighted by Gasteiger charge is -2.28. The molecular formula is C18H21N3O2S. The normalized spacial score (nSPS) is 20.1. The maximum Gasteiger partial charge on any atom is 0.256 e. The van der Waals surface area contributed by atoms with E-state index in [9.17, 15) is 9.90 Å². The van der Waals surface area contributed by atoms with Crippen LogP contribution in [0.3, 0.4) is 0 Å². The average molecular weight is 343 g/mol. The smallest absolute Gasteiger partial charge is 0.256 e. The number of phenols is 1. The fourth-order valence-electron chi connectivity index (χ4n) is 3.49. The fourth-order valence-corrected chi connectivity index (χ4v) is 4.81. The zero-order valence-corrected chi connectivity index (χ0v) is 14.7. The third-order valence-electron chi connectivity index (χ3n) is 4.86. The van der Waals surface area contributed by atoms with Gasteiger partial charge in [-0.25, -0.2) is 0 Å². The van der Waals surface area contributed by atoms with Crippen molar-refractivity contribution in [1.29, 1.82) is 0 Å². The number of carbonyl (C=O) groups is 1. The first-order valence-electron chi connectivity index (χ1n) is 8.30. The minimum Gasteiger partial charge on any atom is -0.508 e. The summed E-state index contributed by atoms with van der Waals surface area (Å²) in [5, 5.41) is 17.5. The van der Waals surface area contributed by atoms with Gasteiger partial charge in [-0.1, -0.05) is 19.1 Å². The van der Waals surface area contributed by atoms with Gasteiger partial charge in [0.2, 0.25) is 0 Å². The Morgan fingerprint density at radius 2 is 2.21 bits per heavy atom. The Morgan fingerprint density at radius 3 is 2.96 bits per heavy atom. The summed E-state index contributed by atoms with van der Waals surface area (Å²) in [6.07, 6.45) is 0.526. The summed E-state index contributed by atoms with van der Waals surface area (Å²) in [5.74, 6) is 0.158. The fraction of sp³-hybridized carbons (Fsp3) is 0.389. The maximum atomic E-state index is 12.7. The number of likely N-dealkylation sites (N-methyl/N-ethyl adjacent to an activating group) is 1. The molecule has 0 saturated heterocycles. The molecule has 0 saturated carbocycles. The van der Waals surface area contributed by atoms with Gasteiger partial charge in [0.25, 0.3) is 5.91 Å². The summed E-state index contributed by atoms with van der Waals surface area (Å²) in [5.41, 5.74) is 3.68. The zero-order valence-electron chi connectivity index (χ0n) is 13.8. The van der Waals surface area contributed by atoms with Gasteiger partial charge in [0.05, 0.1) is 5.56 Å². The van der Waals surface area contributed by atoms with Crippen molar-refractivity contribution in [2.45, 2.75) is 33.0 Å². The molecule has 24 heavy (non-hydrogen) atoms. The van der Waals surface area contributed by atoms with Crippen molar-refractivity contribution in [2.75, 3.05) is 18.4 Å². The molecule has 1 aromatic carbocycles. The molecule has 1 aromatic heterocycles. The van der Waals surface area contributed by atoms with Crippen molar-refractivity contribution < 1.29 is 9.90 Å². The number of hydrogen-bond donors (Lipinski definition) is 3. The Labute approximate surface area is 145 Å². The lowest BCUT2D eigenvalue weighted by molar-refractivity contribution is 0.0934. The van der Waals surface area contributed by atoms with Crippen LogP contribution in [0.25, 0.3) is 0 Å². The van der Waals surface area contributed by atoms with Crippen LogP contribution in [-0.4, -0.2) is 29.0 Å². The van der Waals surface area contributed by atoms with Crippen molar-refractivity contribution in [3.63, 3.8) is 0 Å². The van der Waals surface area contributed by atoms with Gasteiger partial charge < -0.3 is 15.7 Å². The van der Waals surface area contributed by atoms with Crippen molar-refractivity contribution in [1.82, 2.24) is 10.2 Å². The number of fused-ring (bicyclic) bond motifs is 3. The summed E-state index contributed by atoms with van der Waals surface area (Å²) < 4.78 is 0. The van der Waals surface area contributed by atoms with E-state index in [1.54, 1.807) is 17.4 Å². The second-order valence-corrected chi connectivity index (χ2v) is 7.54. The van der Waals surface area contributed by atoms with E-state index in [0.717, 1.165) is 42.2 Å². The minimum absolute atomic E-state index is 0.0452. The van der Waals surface area contributed by atoms with Crippen LogP contribution >= 0.6 is 11.3 Å². The molecule has 0 fully saturated rings. The molecule has 2 aromatic rings. The van der Waals surface area contributed by atoms with Crippen molar-refractivity contribution in [3.05, 3.63) is 45.3 Å². The van der Waals surface area contributed by atoms with Gasteiger partial charge in [-0.2, -0.15) is 0 Å². The third-order valence-corrected chi connectivity index (χ3v) is 6.01. The number of amides is 1. The van der Waals surface area contributed by atoms with E-state index in [1.165, 1.54) is 10.4 Å². The molecule has 0 radical (unpaired) electrons. The number of aromatic hydroxyl groups is 1. The topological polar surface area (TPSA) is 64.6 Å². The Kier molecular flexibility index (Phi) is 3.73. The van der Waals surface area contributed by atoms with Gasteiger partial charge in [0, 0.05) is 23.5 Å². The van der Waals surface area contributed by atoms with Crippen LogP contribution in [0.5, 0.6) is 5.75 Å². The summed E-state index contributed by atoms with van der Waals surface area (Å²) in [4.78, 5) is 16.4. The van der Waals surface area contributed by atoms with E-state index in [4.69, 9.17) is 0 Å². The van der Waals surface area contributed by atoms with Crippen LogP contribution in [0.4, 0.5) is 5.00 Å².